The molecule has 0 spiro atoms. The van der Waals surface area contributed by atoms with E-state index in [1.807, 2.05) is 0 Å². The molecule has 0 aromatic carbocycles. The fourth-order valence-corrected chi connectivity index (χ4v) is 5.37. The Hall–Kier alpha value is -0.970. The second-order valence-corrected chi connectivity index (χ2v) is 13.3. The normalized spacial score (nSPS) is 16.0. The van der Waals surface area contributed by atoms with Crippen molar-refractivity contribution in [3.8, 4) is 0 Å². The zero-order valence-corrected chi connectivity index (χ0v) is 26.2. The molecule has 0 heterocycles. The predicted octanol–water partition coefficient (Wildman–Crippen LogP) is 0.349. The molecule has 0 fully saturated rings. The van der Waals surface area contributed by atoms with E-state index in [9.17, 15) is 106 Å². The number of rotatable bonds is 16. The molecule has 0 aromatic heterocycles. The molecule has 0 aromatic rings. The van der Waals surface area contributed by atoms with Crippen LogP contribution in [0, 0.1) is 0 Å². The SMILES string of the molecule is CN(CC(C(=O)[O-])N(C)S(=O)(=O)CCC(F)(F)C(F)(F)C(F)(F)C(F)(F)F)S(=O)(=O)CCC(F)(F)C(F)(F)C(F)(F)C(F)(F)F.[Na+]. The molecular weight excluding hydrogens is 757 g/mol. The van der Waals surface area contributed by atoms with E-state index in [4.69, 9.17) is 0 Å². The van der Waals surface area contributed by atoms with Crippen LogP contribution in [0.4, 0.5) is 79.0 Å². The first-order valence-corrected chi connectivity index (χ1v) is 14.0. The summed E-state index contributed by atoms with van der Waals surface area (Å²) in [6.07, 6.45) is -20.6. The minimum atomic E-state index is -7.44. The Balaban J connectivity index is 0. The van der Waals surface area contributed by atoms with Crippen LogP contribution in [0.2, 0.25) is 0 Å². The third kappa shape index (κ3) is 9.17. The standard InChI is InChI=1S/C17H18F18N2O6S2.Na/c1-36(44(40,41)5-3-10(18,19)12(22,23)14(26,27)16(30,31)32)7-8(9(38)39)37(2)45(42,43)6-4-11(20,21)13(24,25)15(28,29)17(33,34)35;/h8H,3-7H2,1-2H3,(H,38,39);/q;+1/p-1. The predicted molar refractivity (Wildman–Crippen MR) is 108 cm³/mol. The third-order valence-corrected chi connectivity index (χ3v) is 9.49. The van der Waals surface area contributed by atoms with Crippen LogP contribution in [0.3, 0.4) is 0 Å². The summed E-state index contributed by atoms with van der Waals surface area (Å²) in [6, 6.07) is -3.03. The molecule has 0 bridgehead atoms. The van der Waals surface area contributed by atoms with E-state index in [0.717, 1.165) is 0 Å². The van der Waals surface area contributed by atoms with Gasteiger partial charge in [-0.3, -0.25) is 0 Å². The first kappa shape index (κ1) is 47.1. The molecule has 46 heavy (non-hydrogen) atoms. The van der Waals surface area contributed by atoms with E-state index in [2.05, 4.69) is 0 Å². The van der Waals surface area contributed by atoms with E-state index in [1.165, 1.54) is 0 Å². The van der Waals surface area contributed by atoms with Gasteiger partial charge < -0.3 is 9.90 Å². The van der Waals surface area contributed by atoms with Gasteiger partial charge in [-0.1, -0.05) is 0 Å². The van der Waals surface area contributed by atoms with E-state index in [1.54, 1.807) is 0 Å². The molecule has 0 saturated carbocycles. The van der Waals surface area contributed by atoms with Crippen molar-refractivity contribution in [2.24, 2.45) is 0 Å². The van der Waals surface area contributed by atoms with Crippen molar-refractivity contribution in [2.75, 3.05) is 32.1 Å². The first-order chi connectivity index (χ1) is 19.3. The van der Waals surface area contributed by atoms with Gasteiger partial charge in [-0.05, 0) is 0 Å². The van der Waals surface area contributed by atoms with Crippen LogP contribution in [-0.2, 0) is 24.8 Å². The molecule has 0 rings (SSSR count). The molecule has 29 heteroatoms. The van der Waals surface area contributed by atoms with Crippen LogP contribution in [0.1, 0.15) is 12.8 Å². The number of sulfonamides is 2. The van der Waals surface area contributed by atoms with Gasteiger partial charge in [0.15, 0.2) is 0 Å². The van der Waals surface area contributed by atoms with Crippen molar-refractivity contribution >= 4 is 26.0 Å². The average Bonchev–Trinajstić information content (AvgIpc) is 2.82. The molecule has 0 amide bonds. The Bertz CT molecular complexity index is 1290. The number of nitrogens with zero attached hydrogens (tertiary/aromatic N) is 2. The number of aliphatic carboxylic acids is 1. The molecule has 0 radical (unpaired) electrons. The van der Waals surface area contributed by atoms with E-state index in [0.29, 0.717) is 0 Å². The summed E-state index contributed by atoms with van der Waals surface area (Å²) in [5, 5.41) is 11.4. The molecule has 8 nitrogen and oxygen atoms in total. The van der Waals surface area contributed by atoms with Gasteiger partial charge in [-0.15, -0.1) is 0 Å². The number of hydrogen-bond acceptors (Lipinski definition) is 6. The zero-order valence-electron chi connectivity index (χ0n) is 22.6. The summed E-state index contributed by atoms with van der Waals surface area (Å²) in [5.74, 6) is -50.1. The van der Waals surface area contributed by atoms with Crippen LogP contribution >= 0.6 is 0 Å². The topological polar surface area (TPSA) is 115 Å². The summed E-state index contributed by atoms with van der Waals surface area (Å²) in [4.78, 5) is 11.4. The van der Waals surface area contributed by atoms with Crippen molar-refractivity contribution < 1.29 is 135 Å². The van der Waals surface area contributed by atoms with Gasteiger partial charge in [-0.2, -0.15) is 83.3 Å². The number of carbonyl (C=O) groups is 1. The van der Waals surface area contributed by atoms with Crippen LogP contribution in [0.15, 0.2) is 0 Å². The van der Waals surface area contributed by atoms with Crippen molar-refractivity contribution in [2.45, 2.75) is 66.8 Å². The summed E-state index contributed by atoms with van der Waals surface area (Å²) >= 11 is 0. The van der Waals surface area contributed by atoms with Gasteiger partial charge in [0, 0.05) is 33.5 Å². The van der Waals surface area contributed by atoms with Crippen molar-refractivity contribution in [3.05, 3.63) is 0 Å². The molecule has 0 aliphatic heterocycles. The molecule has 0 N–H and O–H groups in total. The van der Waals surface area contributed by atoms with Crippen LogP contribution in [0.5, 0.6) is 0 Å². The summed E-state index contributed by atoms with van der Waals surface area (Å²) in [5.41, 5.74) is 0. The van der Waals surface area contributed by atoms with Gasteiger partial charge in [0.25, 0.3) is 0 Å². The quantitative estimate of drug-likeness (QED) is 0.165. The van der Waals surface area contributed by atoms with E-state index < -0.39 is 119 Å². The fraction of sp³-hybridized carbons (Fsp3) is 0.941. The van der Waals surface area contributed by atoms with Gasteiger partial charge in [0.05, 0.1) is 23.5 Å². The van der Waals surface area contributed by atoms with Crippen LogP contribution in [0.25, 0.3) is 0 Å². The van der Waals surface area contributed by atoms with Gasteiger partial charge in [0.2, 0.25) is 20.0 Å². The Kier molecular flexibility index (Phi) is 14.5. The molecule has 0 saturated heterocycles. The molecule has 1 atom stereocenters. The number of alkyl halides is 18. The minimum Gasteiger partial charge on any atom is -0.548 e. The zero-order chi connectivity index (χ0) is 36.8. The number of carbonyl (C=O) groups excluding carboxylic acids is 1. The second-order valence-electron chi connectivity index (χ2n) is 8.97. The first-order valence-electron chi connectivity index (χ1n) is 10.8. The smallest absolute Gasteiger partial charge is 0.548 e. The van der Waals surface area contributed by atoms with Crippen molar-refractivity contribution in [1.82, 2.24) is 8.61 Å². The molecule has 0 aliphatic rings. The minimum absolute atomic E-state index is 0. The van der Waals surface area contributed by atoms with Crippen molar-refractivity contribution in [3.63, 3.8) is 0 Å². The molecule has 0 aliphatic carbocycles. The fourth-order valence-electron chi connectivity index (χ4n) is 2.83. The number of hydrogen-bond donors (Lipinski definition) is 0. The molecule has 1 unspecified atom stereocenters. The Morgan fingerprint density at radius 3 is 1.13 bits per heavy atom. The monoisotopic (exact) mass is 774 g/mol. The number of carboxylic acids is 1. The third-order valence-electron chi connectivity index (χ3n) is 5.82. The number of carboxylic acid groups (broad SMARTS) is 1. The van der Waals surface area contributed by atoms with Gasteiger partial charge >= 0.3 is 77.4 Å². The van der Waals surface area contributed by atoms with E-state index in [-0.39, 0.29) is 43.7 Å². The van der Waals surface area contributed by atoms with Gasteiger partial charge in [-0.25, -0.2) is 21.1 Å². The summed E-state index contributed by atoms with van der Waals surface area (Å²) in [7, 11) is -11.3. The second kappa shape index (κ2) is 14.1. The Morgan fingerprint density at radius 1 is 0.587 bits per heavy atom. The van der Waals surface area contributed by atoms with Crippen molar-refractivity contribution in [1.29, 1.82) is 0 Å². The van der Waals surface area contributed by atoms with Crippen LogP contribution < -0.4 is 34.7 Å². The Labute approximate surface area is 268 Å². The molecular formula is C17H17F18N2NaO6S2. The maximum Gasteiger partial charge on any atom is 1.00 e. The Morgan fingerprint density at radius 2 is 0.870 bits per heavy atom. The number of halogens is 18. The maximum absolute atomic E-state index is 13.7. The maximum atomic E-state index is 13.7. The van der Waals surface area contributed by atoms with E-state index >= 15 is 0 Å². The number of likely N-dealkylation sites (N-methyl/N-ethyl adjacent to an activating group) is 2. The summed E-state index contributed by atoms with van der Waals surface area (Å²) in [6.45, 7) is -1.90. The molecule has 270 valence electrons. The largest absolute Gasteiger partial charge is 1.00 e. The average molecular weight is 774 g/mol. The van der Waals surface area contributed by atoms with Crippen LogP contribution in [-0.4, -0.2) is 117 Å². The van der Waals surface area contributed by atoms with Gasteiger partial charge in [0.1, 0.15) is 0 Å². The summed E-state index contributed by atoms with van der Waals surface area (Å²) < 4.78 is 281.